The van der Waals surface area contributed by atoms with Crippen molar-refractivity contribution in [2.24, 2.45) is 0 Å². The number of anilines is 1. The van der Waals surface area contributed by atoms with Crippen LogP contribution >= 0.6 is 11.6 Å². The minimum atomic E-state index is 0.0417. The molecule has 0 aliphatic carbocycles. The van der Waals surface area contributed by atoms with Crippen molar-refractivity contribution in [3.8, 4) is 0 Å². The van der Waals surface area contributed by atoms with Crippen LogP contribution in [0.5, 0.6) is 0 Å². The largest absolute Gasteiger partial charge is 0.326 e. The molecule has 0 saturated heterocycles. The van der Waals surface area contributed by atoms with Gasteiger partial charge in [-0.25, -0.2) is 0 Å². The number of aryl methyl sites for hydroxylation is 4. The average molecular weight is 302 g/mol. The van der Waals surface area contributed by atoms with Gasteiger partial charge in [0, 0.05) is 17.1 Å². The van der Waals surface area contributed by atoms with Crippen molar-refractivity contribution in [2.75, 3.05) is 5.32 Å². The quantitative estimate of drug-likeness (QED) is 0.860. The van der Waals surface area contributed by atoms with Crippen LogP contribution < -0.4 is 5.32 Å². The summed E-state index contributed by atoms with van der Waals surface area (Å²) in [6.07, 6.45) is 1.18. The van der Waals surface area contributed by atoms with Crippen LogP contribution in [0.1, 0.15) is 28.7 Å². The highest BCUT2D eigenvalue weighted by atomic mass is 35.5. The average Bonchev–Trinajstić information content (AvgIpc) is 2.42. The Morgan fingerprint density at radius 1 is 1.05 bits per heavy atom. The van der Waals surface area contributed by atoms with E-state index in [0.29, 0.717) is 17.9 Å². The van der Waals surface area contributed by atoms with Gasteiger partial charge in [-0.1, -0.05) is 41.4 Å². The first-order valence-corrected chi connectivity index (χ1v) is 7.45. The highest BCUT2D eigenvalue weighted by Gasteiger charge is 2.08. The van der Waals surface area contributed by atoms with Crippen molar-refractivity contribution in [1.29, 1.82) is 0 Å². The molecule has 0 radical (unpaired) electrons. The first-order valence-electron chi connectivity index (χ1n) is 7.08. The number of nitrogens with one attached hydrogen (secondary N) is 1. The second-order valence-electron chi connectivity index (χ2n) is 5.45. The molecule has 2 nitrogen and oxygen atoms in total. The zero-order valence-corrected chi connectivity index (χ0v) is 13.4. The number of amides is 1. The Bertz CT molecular complexity index is 624. The van der Waals surface area contributed by atoms with Gasteiger partial charge in [0.2, 0.25) is 5.91 Å². The van der Waals surface area contributed by atoms with E-state index in [2.05, 4.69) is 24.4 Å². The van der Waals surface area contributed by atoms with Crippen LogP contribution in [0.4, 0.5) is 5.69 Å². The molecule has 0 unspecified atom stereocenters. The molecule has 2 aromatic carbocycles. The number of halogens is 1. The molecule has 0 bridgehead atoms. The van der Waals surface area contributed by atoms with Gasteiger partial charge in [0.05, 0.1) is 0 Å². The van der Waals surface area contributed by atoms with Crippen LogP contribution in [-0.2, 0) is 11.2 Å². The van der Waals surface area contributed by atoms with Gasteiger partial charge in [-0.05, 0) is 56.0 Å². The minimum Gasteiger partial charge on any atom is -0.326 e. The highest BCUT2D eigenvalue weighted by molar-refractivity contribution is 6.30. The van der Waals surface area contributed by atoms with Gasteiger partial charge >= 0.3 is 0 Å². The topological polar surface area (TPSA) is 29.1 Å². The van der Waals surface area contributed by atoms with E-state index in [9.17, 15) is 4.79 Å². The second-order valence-corrected chi connectivity index (χ2v) is 5.88. The van der Waals surface area contributed by atoms with Crippen LogP contribution in [0.15, 0.2) is 36.4 Å². The Hall–Kier alpha value is -1.80. The molecule has 0 saturated carbocycles. The molecule has 0 aliphatic heterocycles. The van der Waals surface area contributed by atoms with Crippen LogP contribution in [-0.4, -0.2) is 5.91 Å². The van der Waals surface area contributed by atoms with Crippen molar-refractivity contribution in [1.82, 2.24) is 0 Å². The first kappa shape index (κ1) is 15.6. The molecule has 1 amide bonds. The van der Waals surface area contributed by atoms with Crippen LogP contribution in [0.2, 0.25) is 5.02 Å². The molecule has 2 rings (SSSR count). The second kappa shape index (κ2) is 6.77. The predicted molar refractivity (Wildman–Crippen MR) is 89.1 cm³/mol. The van der Waals surface area contributed by atoms with Crippen molar-refractivity contribution >= 4 is 23.2 Å². The van der Waals surface area contributed by atoms with Crippen molar-refractivity contribution < 1.29 is 4.79 Å². The first-order chi connectivity index (χ1) is 9.95. The van der Waals surface area contributed by atoms with E-state index in [4.69, 9.17) is 11.6 Å². The summed E-state index contributed by atoms with van der Waals surface area (Å²) in [5.41, 5.74) is 5.47. The van der Waals surface area contributed by atoms with Gasteiger partial charge in [-0.2, -0.15) is 0 Å². The van der Waals surface area contributed by atoms with Crippen LogP contribution in [0, 0.1) is 20.8 Å². The van der Waals surface area contributed by atoms with E-state index in [0.717, 1.165) is 22.4 Å². The summed E-state index contributed by atoms with van der Waals surface area (Å²) in [6, 6.07) is 11.8. The lowest BCUT2D eigenvalue weighted by atomic mass is 10.0. The maximum absolute atomic E-state index is 12.1. The van der Waals surface area contributed by atoms with E-state index in [1.807, 2.05) is 38.1 Å². The Labute approximate surface area is 131 Å². The lowest BCUT2D eigenvalue weighted by Gasteiger charge is -2.13. The lowest BCUT2D eigenvalue weighted by molar-refractivity contribution is -0.116. The molecule has 0 heterocycles. The number of hydrogen-bond donors (Lipinski definition) is 1. The molecule has 21 heavy (non-hydrogen) atoms. The van der Waals surface area contributed by atoms with E-state index in [1.54, 1.807) is 0 Å². The number of benzene rings is 2. The summed E-state index contributed by atoms with van der Waals surface area (Å²) in [5, 5.41) is 3.74. The van der Waals surface area contributed by atoms with E-state index >= 15 is 0 Å². The molecule has 110 valence electrons. The van der Waals surface area contributed by atoms with E-state index in [-0.39, 0.29) is 5.91 Å². The Balaban J connectivity index is 1.97. The third-order valence-electron chi connectivity index (χ3n) is 3.50. The summed E-state index contributed by atoms with van der Waals surface area (Å²) in [7, 11) is 0. The molecular weight excluding hydrogens is 282 g/mol. The fourth-order valence-electron chi connectivity index (χ4n) is 2.49. The van der Waals surface area contributed by atoms with Gasteiger partial charge in [-0.3, -0.25) is 4.79 Å². The molecule has 0 aliphatic rings. The molecular formula is C18H20ClNO. The smallest absolute Gasteiger partial charge is 0.224 e. The Kier molecular flexibility index (Phi) is 5.03. The summed E-state index contributed by atoms with van der Waals surface area (Å²) in [6.45, 7) is 6.11. The summed E-state index contributed by atoms with van der Waals surface area (Å²) in [4.78, 5) is 12.1. The zero-order valence-electron chi connectivity index (χ0n) is 12.7. The van der Waals surface area contributed by atoms with Crippen molar-refractivity contribution in [3.63, 3.8) is 0 Å². The predicted octanol–water partition coefficient (Wildman–Crippen LogP) is 4.84. The number of carbonyl (C=O) groups is 1. The van der Waals surface area contributed by atoms with Gasteiger partial charge in [0.1, 0.15) is 0 Å². The van der Waals surface area contributed by atoms with E-state index < -0.39 is 0 Å². The van der Waals surface area contributed by atoms with Crippen LogP contribution in [0.3, 0.4) is 0 Å². The monoisotopic (exact) mass is 301 g/mol. The molecule has 2 aromatic rings. The number of rotatable bonds is 4. The number of hydrogen-bond acceptors (Lipinski definition) is 1. The number of carbonyl (C=O) groups excluding carboxylic acids is 1. The Morgan fingerprint density at radius 2 is 1.62 bits per heavy atom. The van der Waals surface area contributed by atoms with Crippen molar-refractivity contribution in [2.45, 2.75) is 33.6 Å². The standard InChI is InChI=1S/C18H20ClNO/c1-12-10-13(2)18(14(3)11-12)20-17(21)9-6-15-4-7-16(19)8-5-15/h4-5,7-8,10-11H,6,9H2,1-3H3,(H,20,21). The van der Waals surface area contributed by atoms with Gasteiger partial charge in [0.25, 0.3) is 0 Å². The SMILES string of the molecule is Cc1cc(C)c(NC(=O)CCc2ccc(Cl)cc2)c(C)c1. The molecule has 1 N–H and O–H groups in total. The fraction of sp³-hybridized carbons (Fsp3) is 0.278. The summed E-state index contributed by atoms with van der Waals surface area (Å²) < 4.78 is 0. The van der Waals surface area contributed by atoms with Crippen molar-refractivity contribution in [3.05, 3.63) is 63.7 Å². The highest BCUT2D eigenvalue weighted by Crippen LogP contribution is 2.22. The fourth-order valence-corrected chi connectivity index (χ4v) is 2.61. The zero-order chi connectivity index (χ0) is 15.4. The van der Waals surface area contributed by atoms with Gasteiger partial charge < -0.3 is 5.32 Å². The molecule has 0 aromatic heterocycles. The Morgan fingerprint density at radius 3 is 2.19 bits per heavy atom. The maximum Gasteiger partial charge on any atom is 0.224 e. The van der Waals surface area contributed by atoms with Crippen LogP contribution in [0.25, 0.3) is 0 Å². The van der Waals surface area contributed by atoms with Gasteiger partial charge in [-0.15, -0.1) is 0 Å². The minimum absolute atomic E-state index is 0.0417. The normalized spacial score (nSPS) is 10.5. The molecule has 0 spiro atoms. The summed E-state index contributed by atoms with van der Waals surface area (Å²) >= 11 is 5.85. The third kappa shape index (κ3) is 4.33. The van der Waals surface area contributed by atoms with Gasteiger partial charge in [0.15, 0.2) is 0 Å². The molecule has 3 heteroatoms. The third-order valence-corrected chi connectivity index (χ3v) is 3.75. The molecule has 0 atom stereocenters. The maximum atomic E-state index is 12.1. The summed E-state index contributed by atoms with van der Waals surface area (Å²) in [5.74, 6) is 0.0417. The van der Waals surface area contributed by atoms with E-state index in [1.165, 1.54) is 5.56 Å². The lowest BCUT2D eigenvalue weighted by Crippen LogP contribution is -2.14. The molecule has 0 fully saturated rings.